The Balaban J connectivity index is 2.03. The van der Waals surface area contributed by atoms with Crippen molar-refractivity contribution < 1.29 is 9.59 Å². The normalized spacial score (nSPS) is 16.7. The Labute approximate surface area is 145 Å². The molecule has 2 N–H and O–H groups in total. The molecule has 5 heteroatoms. The first-order chi connectivity index (χ1) is 11.5. The van der Waals surface area contributed by atoms with Crippen LogP contribution < -0.4 is 10.6 Å². The van der Waals surface area contributed by atoms with E-state index in [1.54, 1.807) is 12.1 Å². The predicted octanol–water partition coefficient (Wildman–Crippen LogP) is 4.46. The number of hydrogen-bond acceptors (Lipinski definition) is 4. The molecular weight excluding hydrogens is 320 g/mol. The largest absolute Gasteiger partial charge is 0.399 e. The number of anilines is 2. The van der Waals surface area contributed by atoms with Gasteiger partial charge in [0.1, 0.15) is 0 Å². The van der Waals surface area contributed by atoms with E-state index in [-0.39, 0.29) is 11.1 Å². The average Bonchev–Trinajstić information content (AvgIpc) is 2.89. The number of aryl methyl sites for hydroxylation is 1. The number of nitrogens with two attached hydrogens (primary N) is 1. The summed E-state index contributed by atoms with van der Waals surface area (Å²) in [5.74, 6) is -0.264. The molecule has 24 heavy (non-hydrogen) atoms. The molecule has 2 aromatic rings. The van der Waals surface area contributed by atoms with Crippen molar-refractivity contribution in [3.05, 3.63) is 64.6 Å². The van der Waals surface area contributed by atoms with Crippen LogP contribution >= 0.6 is 11.8 Å². The fourth-order valence-electron chi connectivity index (χ4n) is 2.70. The maximum absolute atomic E-state index is 12.9. The number of thioether (sulfide) groups is 1. The standard InChI is InChI=1S/C19H18N2O2S/c1-3-13-6-4-5-7-16(13)21-18(22)17(24-19(21)23)12(2)14-8-10-15(20)11-9-14/h4-11H,3,20H2,1-2H3/b17-12-. The molecule has 1 heterocycles. The molecule has 1 saturated heterocycles. The molecule has 4 nitrogen and oxygen atoms in total. The van der Waals surface area contributed by atoms with Crippen LogP contribution in [0, 0.1) is 0 Å². The number of imide groups is 1. The Hall–Kier alpha value is -2.53. The molecule has 3 rings (SSSR count). The molecule has 0 spiro atoms. The van der Waals surface area contributed by atoms with Gasteiger partial charge in [-0.1, -0.05) is 37.3 Å². The van der Waals surface area contributed by atoms with Gasteiger partial charge in [0.05, 0.1) is 10.6 Å². The van der Waals surface area contributed by atoms with E-state index in [4.69, 9.17) is 5.73 Å². The summed E-state index contributed by atoms with van der Waals surface area (Å²) in [5.41, 5.74) is 9.69. The van der Waals surface area contributed by atoms with Gasteiger partial charge in [0.2, 0.25) is 0 Å². The van der Waals surface area contributed by atoms with Gasteiger partial charge in [0.15, 0.2) is 0 Å². The van der Waals surface area contributed by atoms with Crippen LogP contribution in [0.2, 0.25) is 0 Å². The number of carbonyl (C=O) groups excluding carboxylic acids is 2. The lowest BCUT2D eigenvalue weighted by atomic mass is 10.1. The minimum Gasteiger partial charge on any atom is -0.399 e. The van der Waals surface area contributed by atoms with Gasteiger partial charge in [-0.15, -0.1) is 0 Å². The van der Waals surface area contributed by atoms with Crippen molar-refractivity contribution in [2.45, 2.75) is 20.3 Å². The van der Waals surface area contributed by atoms with E-state index >= 15 is 0 Å². The minimum absolute atomic E-state index is 0.259. The summed E-state index contributed by atoms with van der Waals surface area (Å²) in [4.78, 5) is 27.1. The van der Waals surface area contributed by atoms with Gasteiger partial charge < -0.3 is 5.73 Å². The van der Waals surface area contributed by atoms with Gasteiger partial charge in [-0.25, -0.2) is 4.90 Å². The molecule has 122 valence electrons. The zero-order valence-corrected chi connectivity index (χ0v) is 14.4. The Morgan fingerprint density at radius 1 is 1.08 bits per heavy atom. The Bertz CT molecular complexity index is 841. The van der Waals surface area contributed by atoms with Crippen molar-refractivity contribution in [1.29, 1.82) is 0 Å². The van der Waals surface area contributed by atoms with E-state index in [0.29, 0.717) is 16.3 Å². The van der Waals surface area contributed by atoms with E-state index in [1.165, 1.54) is 4.90 Å². The topological polar surface area (TPSA) is 63.4 Å². The molecule has 2 amide bonds. The van der Waals surface area contributed by atoms with Crippen molar-refractivity contribution in [2.75, 3.05) is 10.6 Å². The highest BCUT2D eigenvalue weighted by Crippen LogP contribution is 2.40. The number of rotatable bonds is 3. The van der Waals surface area contributed by atoms with E-state index in [1.807, 2.05) is 50.2 Å². The first-order valence-corrected chi connectivity index (χ1v) is 8.55. The number of para-hydroxylation sites is 1. The van der Waals surface area contributed by atoms with E-state index in [0.717, 1.165) is 34.9 Å². The highest BCUT2D eigenvalue weighted by atomic mass is 32.2. The van der Waals surface area contributed by atoms with Crippen LogP contribution in [-0.4, -0.2) is 11.1 Å². The summed E-state index contributed by atoms with van der Waals surface area (Å²) in [6.07, 6.45) is 0.758. The second-order valence-electron chi connectivity index (χ2n) is 5.57. The number of nitrogens with zero attached hydrogens (tertiary/aromatic N) is 1. The molecule has 0 bridgehead atoms. The lowest BCUT2D eigenvalue weighted by molar-refractivity contribution is -0.113. The first kappa shape index (κ1) is 16.3. The monoisotopic (exact) mass is 338 g/mol. The summed E-state index contributed by atoms with van der Waals surface area (Å²) in [5, 5.41) is -0.259. The molecule has 1 fully saturated rings. The van der Waals surface area contributed by atoms with Crippen LogP contribution in [0.3, 0.4) is 0 Å². The Morgan fingerprint density at radius 3 is 2.42 bits per heavy atom. The van der Waals surface area contributed by atoms with Crippen molar-refractivity contribution in [2.24, 2.45) is 0 Å². The van der Waals surface area contributed by atoms with Crippen LogP contribution in [0.1, 0.15) is 25.0 Å². The molecule has 0 aromatic heterocycles. The molecule has 1 aliphatic heterocycles. The lowest BCUT2D eigenvalue weighted by Gasteiger charge is -2.16. The third-order valence-electron chi connectivity index (χ3n) is 4.07. The number of benzene rings is 2. The van der Waals surface area contributed by atoms with Gasteiger partial charge in [-0.3, -0.25) is 9.59 Å². The zero-order chi connectivity index (χ0) is 17.3. The van der Waals surface area contributed by atoms with Crippen molar-refractivity contribution in [3.63, 3.8) is 0 Å². The number of allylic oxidation sites excluding steroid dienone is 1. The van der Waals surface area contributed by atoms with Crippen LogP contribution in [0.4, 0.5) is 16.2 Å². The molecular formula is C19H18N2O2S. The number of nitrogen functional groups attached to an aromatic ring is 1. The highest BCUT2D eigenvalue weighted by molar-refractivity contribution is 8.19. The highest BCUT2D eigenvalue weighted by Gasteiger charge is 2.38. The zero-order valence-electron chi connectivity index (χ0n) is 13.6. The molecule has 1 aliphatic rings. The second-order valence-corrected chi connectivity index (χ2v) is 6.53. The average molecular weight is 338 g/mol. The number of amides is 2. The van der Waals surface area contributed by atoms with Crippen molar-refractivity contribution in [3.8, 4) is 0 Å². The van der Waals surface area contributed by atoms with E-state index in [9.17, 15) is 9.59 Å². The Kier molecular flexibility index (Phi) is 4.44. The molecule has 0 unspecified atom stereocenters. The molecule has 0 radical (unpaired) electrons. The van der Waals surface area contributed by atoms with Gasteiger partial charge in [0.25, 0.3) is 11.1 Å². The summed E-state index contributed by atoms with van der Waals surface area (Å²) >= 11 is 0.989. The van der Waals surface area contributed by atoms with Gasteiger partial charge >= 0.3 is 0 Å². The first-order valence-electron chi connectivity index (χ1n) is 7.74. The van der Waals surface area contributed by atoms with Crippen molar-refractivity contribution >= 4 is 39.9 Å². The minimum atomic E-state index is -0.264. The van der Waals surface area contributed by atoms with Crippen molar-refractivity contribution in [1.82, 2.24) is 0 Å². The quantitative estimate of drug-likeness (QED) is 0.663. The van der Waals surface area contributed by atoms with Crippen LogP contribution in [0.25, 0.3) is 5.57 Å². The third kappa shape index (κ3) is 2.83. The van der Waals surface area contributed by atoms with Crippen LogP contribution in [0.5, 0.6) is 0 Å². The molecule has 0 saturated carbocycles. The maximum Gasteiger partial charge on any atom is 0.298 e. The van der Waals surface area contributed by atoms with Gasteiger partial charge in [-0.05, 0) is 60.0 Å². The third-order valence-corrected chi connectivity index (χ3v) is 5.11. The summed E-state index contributed by atoms with van der Waals surface area (Å²) in [6.45, 7) is 3.86. The number of hydrogen-bond donors (Lipinski definition) is 1. The summed E-state index contributed by atoms with van der Waals surface area (Å²) in [6, 6.07) is 14.8. The molecule has 2 aromatic carbocycles. The van der Waals surface area contributed by atoms with Gasteiger partial charge in [0, 0.05) is 5.69 Å². The number of carbonyl (C=O) groups is 2. The van der Waals surface area contributed by atoms with Gasteiger partial charge in [-0.2, -0.15) is 0 Å². The lowest BCUT2D eigenvalue weighted by Crippen LogP contribution is -2.28. The predicted molar refractivity (Wildman–Crippen MR) is 99.7 cm³/mol. The van der Waals surface area contributed by atoms with Crippen LogP contribution in [-0.2, 0) is 11.2 Å². The summed E-state index contributed by atoms with van der Waals surface area (Å²) < 4.78 is 0. The maximum atomic E-state index is 12.9. The SMILES string of the molecule is CCc1ccccc1N1C(=O)S/C(=C(/C)c2ccc(N)cc2)C1=O. The smallest absolute Gasteiger partial charge is 0.298 e. The Morgan fingerprint density at radius 2 is 1.75 bits per heavy atom. The fourth-order valence-corrected chi connectivity index (χ4v) is 3.59. The van der Waals surface area contributed by atoms with E-state index < -0.39 is 0 Å². The second kappa shape index (κ2) is 6.53. The fraction of sp³-hybridized carbons (Fsp3) is 0.158. The molecule has 0 aliphatic carbocycles. The summed E-state index contributed by atoms with van der Waals surface area (Å²) in [7, 11) is 0. The van der Waals surface area contributed by atoms with Crippen LogP contribution in [0.15, 0.2) is 53.4 Å². The van der Waals surface area contributed by atoms with E-state index in [2.05, 4.69) is 0 Å². The molecule has 0 atom stereocenters.